The van der Waals surface area contributed by atoms with Gasteiger partial charge in [0.05, 0.1) is 11.0 Å². The van der Waals surface area contributed by atoms with Gasteiger partial charge in [-0.15, -0.1) is 0 Å². The molecular weight excluding hydrogens is 438 g/mol. The highest BCUT2D eigenvalue weighted by atomic mass is 16.5. The summed E-state index contributed by atoms with van der Waals surface area (Å²) in [5, 5.41) is 0. The van der Waals surface area contributed by atoms with Gasteiger partial charge in [0.2, 0.25) is 0 Å². The van der Waals surface area contributed by atoms with Crippen molar-refractivity contribution in [2.45, 2.75) is 39.0 Å². The molecule has 6 nitrogen and oxygen atoms in total. The van der Waals surface area contributed by atoms with E-state index in [2.05, 4.69) is 16.7 Å². The number of benzene rings is 3. The number of likely N-dealkylation sites (tertiary alicyclic amines) is 1. The van der Waals surface area contributed by atoms with Crippen molar-refractivity contribution in [2.24, 2.45) is 5.92 Å². The number of rotatable bonds is 8. The van der Waals surface area contributed by atoms with E-state index in [-0.39, 0.29) is 5.91 Å². The van der Waals surface area contributed by atoms with Crippen LogP contribution in [-0.4, -0.2) is 39.6 Å². The summed E-state index contributed by atoms with van der Waals surface area (Å²) >= 11 is 0. The molecule has 6 heteroatoms. The smallest absolute Gasteiger partial charge is 0.263 e. The molecule has 1 saturated heterocycles. The first kappa shape index (κ1) is 23.0. The second-order valence-electron chi connectivity index (χ2n) is 9.07. The van der Waals surface area contributed by atoms with Crippen LogP contribution in [0.3, 0.4) is 0 Å². The fourth-order valence-electron chi connectivity index (χ4n) is 4.71. The van der Waals surface area contributed by atoms with Crippen molar-refractivity contribution >= 4 is 16.9 Å². The van der Waals surface area contributed by atoms with E-state index in [1.165, 1.54) is 0 Å². The summed E-state index contributed by atoms with van der Waals surface area (Å²) in [5.41, 5.74) is 2.11. The van der Waals surface area contributed by atoms with Crippen molar-refractivity contribution in [2.75, 3.05) is 13.1 Å². The monoisotopic (exact) mass is 469 g/mol. The fraction of sp³-hybridized carbons (Fsp3) is 0.310. The summed E-state index contributed by atoms with van der Waals surface area (Å²) in [7, 11) is 0. The third kappa shape index (κ3) is 5.48. The van der Waals surface area contributed by atoms with Gasteiger partial charge in [-0.25, -0.2) is 4.98 Å². The molecule has 1 unspecified atom stereocenters. The zero-order chi connectivity index (χ0) is 24.0. The number of aromatic nitrogens is 2. The number of imidazole rings is 1. The number of carbonyl (C=O) groups is 1. The lowest BCUT2D eigenvalue weighted by Crippen LogP contribution is -2.45. The Balaban J connectivity index is 1.22. The summed E-state index contributed by atoms with van der Waals surface area (Å²) in [6.45, 7) is 4.61. The molecule has 180 valence electrons. The number of hydrogen-bond donors (Lipinski definition) is 0. The number of para-hydroxylation sites is 4. The van der Waals surface area contributed by atoms with E-state index in [4.69, 9.17) is 14.5 Å². The van der Waals surface area contributed by atoms with E-state index in [9.17, 15) is 4.79 Å². The SMILES string of the molecule is CC(Oc1ccccc1)C(=O)N1CCC(Cn2c(COc3ccccc3)nc3ccccc32)CC1. The minimum atomic E-state index is -0.492. The lowest BCUT2D eigenvalue weighted by molar-refractivity contribution is -0.139. The molecule has 1 aliphatic heterocycles. The van der Waals surface area contributed by atoms with Gasteiger partial charge in [-0.05, 0) is 62.1 Å². The molecule has 0 bridgehead atoms. The molecule has 1 amide bonds. The third-order valence-corrected chi connectivity index (χ3v) is 6.62. The maximum absolute atomic E-state index is 12.9. The van der Waals surface area contributed by atoms with Crippen LogP contribution in [0.4, 0.5) is 0 Å². The molecule has 1 aromatic heterocycles. The van der Waals surface area contributed by atoms with Gasteiger partial charge < -0.3 is 18.9 Å². The maximum atomic E-state index is 12.9. The standard InChI is InChI=1S/C29H31N3O3/c1-22(35-25-12-6-3-7-13-25)29(33)31-18-16-23(17-19-31)20-32-27-15-9-8-14-26(27)30-28(32)21-34-24-10-4-2-5-11-24/h2-15,22-23H,16-21H2,1H3. The second-order valence-corrected chi connectivity index (χ2v) is 9.07. The molecule has 35 heavy (non-hydrogen) atoms. The van der Waals surface area contributed by atoms with Crippen molar-refractivity contribution in [1.82, 2.24) is 14.5 Å². The highest BCUT2D eigenvalue weighted by Crippen LogP contribution is 2.25. The van der Waals surface area contributed by atoms with Gasteiger partial charge >= 0.3 is 0 Å². The Labute approximate surface area is 206 Å². The highest BCUT2D eigenvalue weighted by Gasteiger charge is 2.28. The van der Waals surface area contributed by atoms with Crippen LogP contribution >= 0.6 is 0 Å². The van der Waals surface area contributed by atoms with Crippen molar-refractivity contribution in [1.29, 1.82) is 0 Å². The third-order valence-electron chi connectivity index (χ3n) is 6.62. The van der Waals surface area contributed by atoms with Crippen LogP contribution in [0, 0.1) is 5.92 Å². The Morgan fingerprint density at radius 3 is 2.26 bits per heavy atom. The largest absolute Gasteiger partial charge is 0.486 e. The van der Waals surface area contributed by atoms with Crippen molar-refractivity contribution in [3.05, 3.63) is 90.8 Å². The number of carbonyl (C=O) groups excluding carboxylic acids is 1. The van der Waals surface area contributed by atoms with Crippen LogP contribution in [-0.2, 0) is 17.9 Å². The minimum absolute atomic E-state index is 0.0531. The van der Waals surface area contributed by atoms with Gasteiger partial charge in [-0.1, -0.05) is 48.5 Å². The summed E-state index contributed by atoms with van der Waals surface area (Å²) in [4.78, 5) is 19.7. The second kappa shape index (κ2) is 10.6. The first-order valence-electron chi connectivity index (χ1n) is 12.3. The molecule has 0 aliphatic carbocycles. The Bertz CT molecular complexity index is 1250. The van der Waals surface area contributed by atoms with Crippen LogP contribution in [0.2, 0.25) is 0 Å². The van der Waals surface area contributed by atoms with E-state index in [1.807, 2.05) is 84.6 Å². The molecular formula is C29H31N3O3. The zero-order valence-corrected chi connectivity index (χ0v) is 20.0. The number of nitrogens with zero attached hydrogens (tertiary/aromatic N) is 3. The highest BCUT2D eigenvalue weighted by molar-refractivity contribution is 5.81. The van der Waals surface area contributed by atoms with Crippen LogP contribution in [0.25, 0.3) is 11.0 Å². The van der Waals surface area contributed by atoms with Gasteiger partial charge in [-0.3, -0.25) is 4.79 Å². The Morgan fingerprint density at radius 2 is 1.54 bits per heavy atom. The number of amides is 1. The summed E-state index contributed by atoms with van der Waals surface area (Å²) in [6, 6.07) is 27.6. The quantitative estimate of drug-likeness (QED) is 0.350. The molecule has 1 fully saturated rings. The van der Waals surface area contributed by atoms with Gasteiger partial charge in [0.15, 0.2) is 6.10 Å². The molecule has 5 rings (SSSR count). The van der Waals surface area contributed by atoms with Crippen LogP contribution in [0.5, 0.6) is 11.5 Å². The molecule has 0 radical (unpaired) electrons. The molecule has 0 N–H and O–H groups in total. The van der Waals surface area contributed by atoms with E-state index in [0.29, 0.717) is 12.5 Å². The van der Waals surface area contributed by atoms with Crippen molar-refractivity contribution in [3.63, 3.8) is 0 Å². The van der Waals surface area contributed by atoms with Crippen LogP contribution in [0.1, 0.15) is 25.6 Å². The maximum Gasteiger partial charge on any atom is 0.263 e. The molecule has 0 saturated carbocycles. The van der Waals surface area contributed by atoms with E-state index in [1.54, 1.807) is 0 Å². The number of piperidine rings is 1. The average molecular weight is 470 g/mol. The topological polar surface area (TPSA) is 56.6 Å². The Morgan fingerprint density at radius 1 is 0.914 bits per heavy atom. The van der Waals surface area contributed by atoms with Gasteiger partial charge in [0.25, 0.3) is 5.91 Å². The predicted octanol–water partition coefficient (Wildman–Crippen LogP) is 5.32. The number of hydrogen-bond acceptors (Lipinski definition) is 4. The fourth-order valence-corrected chi connectivity index (χ4v) is 4.71. The number of fused-ring (bicyclic) bond motifs is 1. The molecule has 1 atom stereocenters. The average Bonchev–Trinajstić information content (AvgIpc) is 3.26. The lowest BCUT2D eigenvalue weighted by Gasteiger charge is -2.34. The number of ether oxygens (including phenoxy) is 2. The Kier molecular flexibility index (Phi) is 6.98. The molecule has 4 aromatic rings. The lowest BCUT2D eigenvalue weighted by atomic mass is 9.96. The van der Waals surface area contributed by atoms with Gasteiger partial charge in [-0.2, -0.15) is 0 Å². The summed E-state index contributed by atoms with van der Waals surface area (Å²) < 4.78 is 14.2. The molecule has 2 heterocycles. The Hall–Kier alpha value is -3.80. The first-order chi connectivity index (χ1) is 17.2. The first-order valence-corrected chi connectivity index (χ1v) is 12.3. The summed E-state index contributed by atoms with van der Waals surface area (Å²) in [5.74, 6) is 3.01. The summed E-state index contributed by atoms with van der Waals surface area (Å²) in [6.07, 6.45) is 1.41. The normalized spacial score (nSPS) is 15.2. The molecule has 3 aromatic carbocycles. The zero-order valence-electron chi connectivity index (χ0n) is 20.0. The molecule has 0 spiro atoms. The van der Waals surface area contributed by atoms with E-state index in [0.717, 1.165) is 60.8 Å². The van der Waals surface area contributed by atoms with E-state index >= 15 is 0 Å². The van der Waals surface area contributed by atoms with E-state index < -0.39 is 6.10 Å². The van der Waals surface area contributed by atoms with Crippen molar-refractivity contribution < 1.29 is 14.3 Å². The van der Waals surface area contributed by atoms with Gasteiger partial charge in [0, 0.05) is 19.6 Å². The molecule has 1 aliphatic rings. The van der Waals surface area contributed by atoms with Crippen molar-refractivity contribution in [3.8, 4) is 11.5 Å². The van der Waals surface area contributed by atoms with Crippen LogP contribution in [0.15, 0.2) is 84.9 Å². The predicted molar refractivity (Wildman–Crippen MR) is 136 cm³/mol. The van der Waals surface area contributed by atoms with Gasteiger partial charge in [0.1, 0.15) is 23.9 Å². The van der Waals surface area contributed by atoms with Crippen LogP contribution < -0.4 is 9.47 Å². The minimum Gasteiger partial charge on any atom is -0.486 e.